The number of nitrogens with zero attached hydrogens (tertiary/aromatic N) is 3. The molecule has 0 radical (unpaired) electrons. The zero-order chi connectivity index (χ0) is 14.1. The van der Waals surface area contributed by atoms with Crippen molar-refractivity contribution >= 4 is 27.5 Å². The van der Waals surface area contributed by atoms with Crippen molar-refractivity contribution in [3.05, 3.63) is 46.2 Å². The van der Waals surface area contributed by atoms with Crippen LogP contribution in [0.4, 0.5) is 0 Å². The van der Waals surface area contributed by atoms with Crippen molar-refractivity contribution in [1.82, 2.24) is 15.1 Å². The molecule has 0 aliphatic heterocycles. The van der Waals surface area contributed by atoms with Crippen LogP contribution < -0.4 is 0 Å². The molecule has 7 heteroatoms. The molecule has 5 nitrogen and oxygen atoms in total. The molecule has 3 aromatic rings. The zero-order valence-electron chi connectivity index (χ0n) is 9.92. The van der Waals surface area contributed by atoms with Gasteiger partial charge in [-0.1, -0.05) is 16.8 Å². The maximum absolute atomic E-state index is 9.81. The number of pyridine rings is 1. The molecule has 100 valence electrons. The summed E-state index contributed by atoms with van der Waals surface area (Å²) < 4.78 is 5.97. The highest BCUT2D eigenvalue weighted by molar-refractivity contribution is 9.10. The number of benzene rings is 1. The molecule has 2 heterocycles. The van der Waals surface area contributed by atoms with Crippen molar-refractivity contribution in [2.45, 2.75) is 0 Å². The molecule has 0 saturated carbocycles. The van der Waals surface area contributed by atoms with Gasteiger partial charge in [-0.15, -0.1) is 0 Å². The highest BCUT2D eigenvalue weighted by Gasteiger charge is 2.14. The summed E-state index contributed by atoms with van der Waals surface area (Å²) in [5.41, 5.74) is 1.09. The first kappa shape index (κ1) is 13.1. The number of halogens is 2. The summed E-state index contributed by atoms with van der Waals surface area (Å²) in [5, 5.41) is 14.2. The average molecular weight is 353 g/mol. The fourth-order valence-electron chi connectivity index (χ4n) is 1.66. The van der Waals surface area contributed by atoms with Crippen LogP contribution in [0.25, 0.3) is 22.8 Å². The Hall–Kier alpha value is -1.92. The van der Waals surface area contributed by atoms with Crippen LogP contribution in [0.15, 0.2) is 45.7 Å². The SMILES string of the molecule is Oc1ccc(Cl)cc1-c1nc(-c2cncc(Br)c2)no1. The van der Waals surface area contributed by atoms with Gasteiger partial charge in [-0.2, -0.15) is 4.98 Å². The number of phenols is 1. The summed E-state index contributed by atoms with van der Waals surface area (Å²) in [4.78, 5) is 8.27. The highest BCUT2D eigenvalue weighted by Crippen LogP contribution is 2.31. The van der Waals surface area contributed by atoms with E-state index in [0.717, 1.165) is 4.47 Å². The van der Waals surface area contributed by atoms with E-state index in [-0.39, 0.29) is 11.6 Å². The van der Waals surface area contributed by atoms with E-state index in [0.29, 0.717) is 22.0 Å². The predicted octanol–water partition coefficient (Wildman–Crippen LogP) is 3.92. The lowest BCUT2D eigenvalue weighted by molar-refractivity contribution is 0.425. The largest absolute Gasteiger partial charge is 0.507 e. The topological polar surface area (TPSA) is 72.0 Å². The average Bonchev–Trinajstić information content (AvgIpc) is 2.91. The molecular formula is C13H7BrClN3O2. The van der Waals surface area contributed by atoms with Gasteiger partial charge in [0.05, 0.1) is 5.56 Å². The van der Waals surface area contributed by atoms with Crippen LogP contribution in [0.2, 0.25) is 5.02 Å². The Morgan fingerprint density at radius 3 is 2.85 bits per heavy atom. The minimum atomic E-state index is 0.0250. The third kappa shape index (κ3) is 2.52. The van der Waals surface area contributed by atoms with Crippen molar-refractivity contribution < 1.29 is 9.63 Å². The summed E-state index contributed by atoms with van der Waals surface area (Å²) >= 11 is 9.22. The molecule has 0 fully saturated rings. The molecule has 0 bridgehead atoms. The summed E-state index contributed by atoms with van der Waals surface area (Å²) in [5.74, 6) is 0.602. The molecule has 0 atom stereocenters. The van der Waals surface area contributed by atoms with E-state index >= 15 is 0 Å². The molecule has 0 unspecified atom stereocenters. The Morgan fingerprint density at radius 2 is 2.05 bits per heavy atom. The molecule has 1 aromatic carbocycles. The fourth-order valence-corrected chi connectivity index (χ4v) is 2.20. The van der Waals surface area contributed by atoms with Crippen molar-refractivity contribution in [3.8, 4) is 28.6 Å². The van der Waals surface area contributed by atoms with Crippen LogP contribution in [0.3, 0.4) is 0 Å². The van der Waals surface area contributed by atoms with Gasteiger partial charge in [0.1, 0.15) is 5.75 Å². The van der Waals surface area contributed by atoms with Gasteiger partial charge in [-0.3, -0.25) is 4.98 Å². The minimum Gasteiger partial charge on any atom is -0.507 e. The molecule has 0 spiro atoms. The number of hydrogen-bond donors (Lipinski definition) is 1. The highest BCUT2D eigenvalue weighted by atomic mass is 79.9. The van der Waals surface area contributed by atoms with Crippen molar-refractivity contribution in [2.75, 3.05) is 0 Å². The Morgan fingerprint density at radius 1 is 1.20 bits per heavy atom. The van der Waals surface area contributed by atoms with E-state index in [1.54, 1.807) is 24.5 Å². The van der Waals surface area contributed by atoms with Crippen LogP contribution >= 0.6 is 27.5 Å². The predicted molar refractivity (Wildman–Crippen MR) is 77.3 cm³/mol. The Bertz CT molecular complexity index is 776. The second-order valence-corrected chi connectivity index (χ2v) is 5.33. The maximum atomic E-state index is 9.81. The zero-order valence-corrected chi connectivity index (χ0v) is 12.3. The molecule has 2 aromatic heterocycles. The summed E-state index contributed by atoms with van der Waals surface area (Å²) in [6, 6.07) is 6.44. The van der Waals surface area contributed by atoms with Gasteiger partial charge in [0.15, 0.2) is 0 Å². The first-order valence-corrected chi connectivity index (χ1v) is 6.74. The van der Waals surface area contributed by atoms with E-state index in [2.05, 4.69) is 31.1 Å². The number of rotatable bonds is 2. The van der Waals surface area contributed by atoms with Crippen LogP contribution in [0.5, 0.6) is 5.75 Å². The van der Waals surface area contributed by atoms with E-state index in [4.69, 9.17) is 16.1 Å². The molecule has 1 N–H and O–H groups in total. The summed E-state index contributed by atoms with van der Waals surface area (Å²) in [6.07, 6.45) is 3.28. The Labute approximate surface area is 127 Å². The van der Waals surface area contributed by atoms with Crippen LogP contribution in [0.1, 0.15) is 0 Å². The van der Waals surface area contributed by atoms with E-state index in [1.165, 1.54) is 6.07 Å². The standard InChI is InChI=1S/C13H7BrClN3O2/c14-8-3-7(5-16-6-8)12-17-13(20-18-12)10-4-9(15)1-2-11(10)19/h1-6,19H. The molecule has 0 aliphatic carbocycles. The smallest absolute Gasteiger partial charge is 0.262 e. The monoisotopic (exact) mass is 351 g/mol. The Balaban J connectivity index is 2.04. The molecule has 0 aliphatic rings. The third-order valence-corrected chi connectivity index (χ3v) is 3.25. The number of aromatic hydroxyl groups is 1. The summed E-state index contributed by atoms with van der Waals surface area (Å²) in [6.45, 7) is 0. The first-order valence-electron chi connectivity index (χ1n) is 5.57. The maximum Gasteiger partial charge on any atom is 0.262 e. The van der Waals surface area contributed by atoms with Crippen molar-refractivity contribution in [1.29, 1.82) is 0 Å². The van der Waals surface area contributed by atoms with E-state index in [1.807, 2.05) is 6.07 Å². The Kier molecular flexibility index (Phi) is 3.42. The lowest BCUT2D eigenvalue weighted by atomic mass is 10.2. The van der Waals surface area contributed by atoms with Gasteiger partial charge in [-0.25, -0.2) is 0 Å². The van der Waals surface area contributed by atoms with E-state index < -0.39 is 0 Å². The van der Waals surface area contributed by atoms with Gasteiger partial charge in [0.2, 0.25) is 5.82 Å². The van der Waals surface area contributed by atoms with Crippen LogP contribution in [-0.4, -0.2) is 20.2 Å². The number of aromatic nitrogens is 3. The van der Waals surface area contributed by atoms with Gasteiger partial charge in [0, 0.05) is 27.5 Å². The molecule has 0 amide bonds. The van der Waals surface area contributed by atoms with Crippen molar-refractivity contribution in [2.24, 2.45) is 0 Å². The minimum absolute atomic E-state index is 0.0250. The lowest BCUT2D eigenvalue weighted by Crippen LogP contribution is -1.83. The van der Waals surface area contributed by atoms with Gasteiger partial charge < -0.3 is 9.63 Å². The molecular weight excluding hydrogens is 346 g/mol. The van der Waals surface area contributed by atoms with Crippen molar-refractivity contribution in [3.63, 3.8) is 0 Å². The molecule has 0 saturated heterocycles. The molecule has 3 rings (SSSR count). The lowest BCUT2D eigenvalue weighted by Gasteiger charge is -1.99. The number of phenolic OH excluding ortho intramolecular Hbond substituents is 1. The van der Waals surface area contributed by atoms with Gasteiger partial charge in [0.25, 0.3) is 5.89 Å². The normalized spacial score (nSPS) is 10.7. The van der Waals surface area contributed by atoms with Gasteiger partial charge in [-0.05, 0) is 40.2 Å². The molecule has 20 heavy (non-hydrogen) atoms. The van der Waals surface area contributed by atoms with Crippen LogP contribution in [-0.2, 0) is 0 Å². The summed E-state index contributed by atoms with van der Waals surface area (Å²) in [7, 11) is 0. The van der Waals surface area contributed by atoms with E-state index in [9.17, 15) is 5.11 Å². The second kappa shape index (κ2) is 5.22. The number of hydrogen-bond acceptors (Lipinski definition) is 5. The first-order chi connectivity index (χ1) is 9.63. The fraction of sp³-hybridized carbons (Fsp3) is 0. The van der Waals surface area contributed by atoms with Gasteiger partial charge >= 0.3 is 0 Å². The second-order valence-electron chi connectivity index (χ2n) is 3.98. The van der Waals surface area contributed by atoms with Crippen LogP contribution in [0, 0.1) is 0 Å². The third-order valence-electron chi connectivity index (χ3n) is 2.58. The quantitative estimate of drug-likeness (QED) is 0.757.